The summed E-state index contributed by atoms with van der Waals surface area (Å²) in [6.45, 7) is 4.92. The minimum Gasteiger partial charge on any atom is -0.309 e. The summed E-state index contributed by atoms with van der Waals surface area (Å²) in [5.74, 6) is 0.764. The summed E-state index contributed by atoms with van der Waals surface area (Å²) in [5.41, 5.74) is 0.562. The van der Waals surface area contributed by atoms with E-state index in [1.807, 2.05) is 6.92 Å². The molecule has 0 saturated carbocycles. The van der Waals surface area contributed by atoms with E-state index < -0.39 is 0 Å². The lowest BCUT2D eigenvalue weighted by molar-refractivity contribution is 0.404. The van der Waals surface area contributed by atoms with Gasteiger partial charge in [-0.05, 0) is 33.2 Å². The highest BCUT2D eigenvalue weighted by Gasteiger charge is 2.32. The summed E-state index contributed by atoms with van der Waals surface area (Å²) in [7, 11) is 0. The van der Waals surface area contributed by atoms with Crippen LogP contribution < -0.4 is 10.9 Å². The number of aryl methyl sites for hydroxylation is 1. The Bertz CT molecular complexity index is 391. The van der Waals surface area contributed by atoms with Crippen molar-refractivity contribution in [3.8, 4) is 0 Å². The van der Waals surface area contributed by atoms with Crippen LogP contribution in [0.3, 0.4) is 0 Å². The molecule has 0 aromatic carbocycles. The van der Waals surface area contributed by atoms with Crippen LogP contribution in [0.4, 0.5) is 0 Å². The van der Waals surface area contributed by atoms with Gasteiger partial charge in [0.05, 0.1) is 5.54 Å². The molecule has 2 N–H and O–H groups in total. The fourth-order valence-corrected chi connectivity index (χ4v) is 1.94. The highest BCUT2D eigenvalue weighted by Crippen LogP contribution is 2.26. The van der Waals surface area contributed by atoms with E-state index in [0.717, 1.165) is 30.9 Å². The molecule has 4 heteroatoms. The second-order valence-electron chi connectivity index (χ2n) is 4.10. The van der Waals surface area contributed by atoms with Gasteiger partial charge < -0.3 is 10.3 Å². The Hall–Kier alpha value is -1.16. The number of hydrogen-bond acceptors (Lipinski definition) is 3. The lowest BCUT2D eigenvalue weighted by atomic mass is 9.99. The van der Waals surface area contributed by atoms with Crippen LogP contribution in [0, 0.1) is 6.92 Å². The van der Waals surface area contributed by atoms with Gasteiger partial charge in [0.1, 0.15) is 5.82 Å². The van der Waals surface area contributed by atoms with E-state index in [1.54, 1.807) is 0 Å². The third kappa shape index (κ3) is 1.57. The summed E-state index contributed by atoms with van der Waals surface area (Å²) in [4.78, 5) is 18.5. The molecule has 1 aliphatic heterocycles. The average molecular weight is 193 g/mol. The van der Waals surface area contributed by atoms with Gasteiger partial charge >= 0.3 is 0 Å². The van der Waals surface area contributed by atoms with E-state index in [0.29, 0.717) is 0 Å². The Morgan fingerprint density at radius 2 is 2.36 bits per heavy atom. The molecule has 1 atom stereocenters. The highest BCUT2D eigenvalue weighted by atomic mass is 16.1. The summed E-state index contributed by atoms with van der Waals surface area (Å²) in [6.07, 6.45) is 2.16. The zero-order chi connectivity index (χ0) is 10.2. The second-order valence-corrected chi connectivity index (χ2v) is 4.10. The Morgan fingerprint density at radius 1 is 1.57 bits per heavy atom. The fourth-order valence-electron chi connectivity index (χ4n) is 1.94. The van der Waals surface area contributed by atoms with E-state index in [1.165, 1.54) is 6.07 Å². The molecule has 2 heterocycles. The van der Waals surface area contributed by atoms with Gasteiger partial charge in [0.25, 0.3) is 5.56 Å². The Labute approximate surface area is 82.8 Å². The molecular weight excluding hydrogens is 178 g/mol. The number of aromatic nitrogens is 2. The first-order valence-corrected chi connectivity index (χ1v) is 4.94. The molecule has 1 saturated heterocycles. The molecule has 4 nitrogen and oxygen atoms in total. The van der Waals surface area contributed by atoms with Gasteiger partial charge in [0.2, 0.25) is 0 Å². The molecule has 2 rings (SSSR count). The smallest absolute Gasteiger partial charge is 0.251 e. The van der Waals surface area contributed by atoms with Gasteiger partial charge in [-0.2, -0.15) is 0 Å². The number of H-pyrrole nitrogens is 1. The molecule has 76 valence electrons. The van der Waals surface area contributed by atoms with Gasteiger partial charge in [-0.15, -0.1) is 0 Å². The molecule has 0 amide bonds. The van der Waals surface area contributed by atoms with Crippen molar-refractivity contribution in [2.24, 2.45) is 0 Å². The molecule has 1 aromatic rings. The predicted molar refractivity (Wildman–Crippen MR) is 54.2 cm³/mol. The van der Waals surface area contributed by atoms with Crippen molar-refractivity contribution >= 4 is 0 Å². The molecule has 1 aliphatic rings. The van der Waals surface area contributed by atoms with Gasteiger partial charge in [-0.25, -0.2) is 4.98 Å². The summed E-state index contributed by atoms with van der Waals surface area (Å²) < 4.78 is 0. The number of nitrogens with one attached hydrogen (secondary N) is 2. The van der Waals surface area contributed by atoms with Crippen molar-refractivity contribution in [2.45, 2.75) is 32.2 Å². The van der Waals surface area contributed by atoms with Crippen molar-refractivity contribution in [1.82, 2.24) is 15.3 Å². The maximum absolute atomic E-state index is 11.3. The van der Waals surface area contributed by atoms with Crippen LogP contribution in [0.15, 0.2) is 10.9 Å². The third-order valence-corrected chi connectivity index (χ3v) is 2.76. The predicted octanol–water partition coefficient (Wildman–Crippen LogP) is 0.677. The minimum atomic E-state index is -0.148. The lowest BCUT2D eigenvalue weighted by Crippen LogP contribution is -2.37. The molecule has 0 aliphatic carbocycles. The van der Waals surface area contributed by atoms with Crippen LogP contribution in [0.2, 0.25) is 0 Å². The molecule has 14 heavy (non-hydrogen) atoms. The van der Waals surface area contributed by atoms with Crippen molar-refractivity contribution in [3.05, 3.63) is 27.9 Å². The van der Waals surface area contributed by atoms with Crippen LogP contribution in [0.25, 0.3) is 0 Å². The Morgan fingerprint density at radius 3 is 2.93 bits per heavy atom. The van der Waals surface area contributed by atoms with Gasteiger partial charge in [0, 0.05) is 11.8 Å². The zero-order valence-electron chi connectivity index (χ0n) is 8.55. The summed E-state index contributed by atoms with van der Waals surface area (Å²) >= 11 is 0. The normalized spacial score (nSPS) is 26.7. The first-order chi connectivity index (χ1) is 6.60. The average Bonchev–Trinajstić information content (AvgIpc) is 2.52. The third-order valence-electron chi connectivity index (χ3n) is 2.76. The quantitative estimate of drug-likeness (QED) is 0.689. The van der Waals surface area contributed by atoms with Crippen LogP contribution >= 0.6 is 0 Å². The largest absolute Gasteiger partial charge is 0.309 e. The summed E-state index contributed by atoms with van der Waals surface area (Å²) in [6, 6.07) is 1.52. The highest BCUT2D eigenvalue weighted by molar-refractivity contribution is 5.10. The van der Waals surface area contributed by atoms with Gasteiger partial charge in [-0.3, -0.25) is 4.79 Å². The SMILES string of the molecule is Cc1cc(=O)[nH]c([C@]2(C)CCCN2)n1. The van der Waals surface area contributed by atoms with Crippen LogP contribution in [-0.4, -0.2) is 16.5 Å². The number of aromatic amines is 1. The van der Waals surface area contributed by atoms with Crippen molar-refractivity contribution < 1.29 is 0 Å². The zero-order valence-corrected chi connectivity index (χ0v) is 8.55. The molecule has 1 fully saturated rings. The molecule has 0 unspecified atom stereocenters. The summed E-state index contributed by atoms with van der Waals surface area (Å²) in [5, 5.41) is 3.37. The van der Waals surface area contributed by atoms with E-state index in [4.69, 9.17) is 0 Å². The Kier molecular flexibility index (Phi) is 2.15. The monoisotopic (exact) mass is 193 g/mol. The van der Waals surface area contributed by atoms with Crippen LogP contribution in [-0.2, 0) is 5.54 Å². The topological polar surface area (TPSA) is 57.8 Å². The first kappa shape index (κ1) is 9.40. The van der Waals surface area contributed by atoms with E-state index >= 15 is 0 Å². The molecule has 1 aromatic heterocycles. The van der Waals surface area contributed by atoms with Gasteiger partial charge in [-0.1, -0.05) is 0 Å². The lowest BCUT2D eigenvalue weighted by Gasteiger charge is -2.22. The standard InChI is InChI=1S/C10H15N3O/c1-7-6-8(14)13-9(12-7)10(2)4-3-5-11-10/h6,11H,3-5H2,1-2H3,(H,12,13,14)/t10-/m0/s1. The maximum Gasteiger partial charge on any atom is 0.251 e. The number of hydrogen-bond donors (Lipinski definition) is 2. The molecule has 0 spiro atoms. The Balaban J connectivity index is 2.45. The van der Waals surface area contributed by atoms with Gasteiger partial charge in [0.15, 0.2) is 0 Å². The second kappa shape index (κ2) is 3.20. The van der Waals surface area contributed by atoms with Crippen molar-refractivity contribution in [2.75, 3.05) is 6.54 Å². The van der Waals surface area contributed by atoms with E-state index in [2.05, 4.69) is 22.2 Å². The van der Waals surface area contributed by atoms with Crippen molar-refractivity contribution in [3.63, 3.8) is 0 Å². The molecule has 0 bridgehead atoms. The van der Waals surface area contributed by atoms with Crippen LogP contribution in [0.5, 0.6) is 0 Å². The van der Waals surface area contributed by atoms with Crippen molar-refractivity contribution in [1.29, 1.82) is 0 Å². The van der Waals surface area contributed by atoms with E-state index in [-0.39, 0.29) is 11.1 Å². The fraction of sp³-hybridized carbons (Fsp3) is 0.600. The number of nitrogens with zero attached hydrogens (tertiary/aromatic N) is 1. The molecular formula is C10H15N3O. The number of rotatable bonds is 1. The maximum atomic E-state index is 11.3. The van der Waals surface area contributed by atoms with E-state index in [9.17, 15) is 4.79 Å². The van der Waals surface area contributed by atoms with Crippen LogP contribution in [0.1, 0.15) is 31.3 Å². The minimum absolute atomic E-state index is 0.0672. The first-order valence-electron chi connectivity index (χ1n) is 4.94. The molecule has 0 radical (unpaired) electrons.